The Hall–Kier alpha value is -1.91. The second-order valence-electron chi connectivity index (χ2n) is 5.97. The lowest BCUT2D eigenvalue weighted by Gasteiger charge is -2.32. The van der Waals surface area contributed by atoms with E-state index in [0.717, 1.165) is 5.56 Å². The number of carbonyl (C=O) groups is 1. The van der Waals surface area contributed by atoms with Gasteiger partial charge in [-0.05, 0) is 30.5 Å². The SMILES string of the molecule is CN(Cc1cccc(C#N)c1)C(=O)[C@H]1CCCN(S(C)(=O)=O)C1. The van der Waals surface area contributed by atoms with Gasteiger partial charge in [0, 0.05) is 26.7 Å². The molecule has 1 heterocycles. The molecule has 0 bridgehead atoms. The van der Waals surface area contributed by atoms with E-state index in [9.17, 15) is 13.2 Å². The largest absolute Gasteiger partial charge is 0.341 e. The summed E-state index contributed by atoms with van der Waals surface area (Å²) in [7, 11) is -1.55. The van der Waals surface area contributed by atoms with Crippen molar-refractivity contribution in [3.8, 4) is 6.07 Å². The van der Waals surface area contributed by atoms with E-state index in [1.807, 2.05) is 6.07 Å². The van der Waals surface area contributed by atoms with Gasteiger partial charge in [-0.25, -0.2) is 12.7 Å². The van der Waals surface area contributed by atoms with Crippen LogP contribution in [-0.4, -0.2) is 49.9 Å². The summed E-state index contributed by atoms with van der Waals surface area (Å²) in [5, 5.41) is 8.92. The molecule has 1 aromatic rings. The summed E-state index contributed by atoms with van der Waals surface area (Å²) in [5.41, 5.74) is 1.44. The van der Waals surface area contributed by atoms with Crippen LogP contribution in [0.5, 0.6) is 0 Å². The molecule has 0 spiro atoms. The molecular weight excluding hydrogens is 314 g/mol. The van der Waals surface area contributed by atoms with E-state index in [2.05, 4.69) is 6.07 Å². The summed E-state index contributed by atoms with van der Waals surface area (Å²) >= 11 is 0. The molecule has 1 aromatic carbocycles. The number of nitrogens with zero attached hydrogens (tertiary/aromatic N) is 3. The molecule has 0 N–H and O–H groups in total. The molecule has 1 aliphatic heterocycles. The van der Waals surface area contributed by atoms with Gasteiger partial charge in [0.15, 0.2) is 0 Å². The van der Waals surface area contributed by atoms with Crippen molar-refractivity contribution in [2.24, 2.45) is 5.92 Å². The molecule has 124 valence electrons. The van der Waals surface area contributed by atoms with Crippen molar-refractivity contribution in [2.75, 3.05) is 26.4 Å². The first kappa shape index (κ1) is 17.4. The third-order valence-corrected chi connectivity index (χ3v) is 5.32. The molecule has 1 amide bonds. The summed E-state index contributed by atoms with van der Waals surface area (Å²) < 4.78 is 24.7. The number of hydrogen-bond acceptors (Lipinski definition) is 4. The topological polar surface area (TPSA) is 81.5 Å². The monoisotopic (exact) mass is 335 g/mol. The molecule has 0 aliphatic carbocycles. The summed E-state index contributed by atoms with van der Waals surface area (Å²) in [4.78, 5) is 14.2. The first-order chi connectivity index (χ1) is 10.8. The van der Waals surface area contributed by atoms with Gasteiger partial charge >= 0.3 is 0 Å². The van der Waals surface area contributed by atoms with Crippen LogP contribution >= 0.6 is 0 Å². The number of benzene rings is 1. The molecule has 6 nitrogen and oxygen atoms in total. The predicted octanol–water partition coefficient (Wildman–Crippen LogP) is 1.19. The molecule has 1 fully saturated rings. The van der Waals surface area contributed by atoms with E-state index in [4.69, 9.17) is 5.26 Å². The lowest BCUT2D eigenvalue weighted by molar-refractivity contribution is -0.135. The predicted molar refractivity (Wildman–Crippen MR) is 86.8 cm³/mol. The second kappa shape index (κ2) is 7.11. The van der Waals surface area contributed by atoms with Crippen molar-refractivity contribution >= 4 is 15.9 Å². The van der Waals surface area contributed by atoms with Crippen LogP contribution in [0.4, 0.5) is 0 Å². The lowest BCUT2D eigenvalue weighted by Crippen LogP contribution is -2.45. The van der Waals surface area contributed by atoms with Crippen molar-refractivity contribution < 1.29 is 13.2 Å². The average molecular weight is 335 g/mol. The number of carbonyl (C=O) groups excluding carboxylic acids is 1. The fourth-order valence-corrected chi connectivity index (χ4v) is 3.76. The van der Waals surface area contributed by atoms with Crippen LogP contribution in [0.25, 0.3) is 0 Å². The molecule has 1 saturated heterocycles. The highest BCUT2D eigenvalue weighted by Gasteiger charge is 2.31. The Bertz CT molecular complexity index is 724. The standard InChI is InChI=1S/C16H21N3O3S/c1-18(11-14-6-3-5-13(9-14)10-17)16(20)15-7-4-8-19(12-15)23(2,21)22/h3,5-6,9,15H,4,7-8,11-12H2,1-2H3/t15-/m0/s1. The van der Waals surface area contributed by atoms with Crippen LogP contribution in [0.3, 0.4) is 0 Å². The number of amides is 1. The highest BCUT2D eigenvalue weighted by atomic mass is 32.2. The van der Waals surface area contributed by atoms with E-state index in [1.54, 1.807) is 30.1 Å². The Kier molecular flexibility index (Phi) is 5.39. The summed E-state index contributed by atoms with van der Waals surface area (Å²) in [5.74, 6) is -0.358. The highest BCUT2D eigenvalue weighted by molar-refractivity contribution is 7.88. The number of nitriles is 1. The van der Waals surface area contributed by atoms with E-state index in [1.165, 1.54) is 10.6 Å². The minimum Gasteiger partial charge on any atom is -0.341 e. The Morgan fingerprint density at radius 1 is 1.48 bits per heavy atom. The van der Waals surface area contributed by atoms with Crippen LogP contribution in [-0.2, 0) is 21.4 Å². The molecule has 23 heavy (non-hydrogen) atoms. The Morgan fingerprint density at radius 3 is 2.87 bits per heavy atom. The average Bonchev–Trinajstić information content (AvgIpc) is 2.53. The maximum atomic E-state index is 12.6. The van der Waals surface area contributed by atoms with Crippen molar-refractivity contribution in [3.05, 3.63) is 35.4 Å². The number of piperidine rings is 1. The van der Waals surface area contributed by atoms with Gasteiger partial charge in [0.05, 0.1) is 23.8 Å². The number of rotatable bonds is 4. The zero-order valence-corrected chi connectivity index (χ0v) is 14.2. The third-order valence-electron chi connectivity index (χ3n) is 4.05. The van der Waals surface area contributed by atoms with E-state index in [0.29, 0.717) is 31.5 Å². The first-order valence-corrected chi connectivity index (χ1v) is 9.35. The Labute approximate surface area is 137 Å². The van der Waals surface area contributed by atoms with Crippen LogP contribution < -0.4 is 0 Å². The lowest BCUT2D eigenvalue weighted by atomic mass is 9.98. The van der Waals surface area contributed by atoms with Gasteiger partial charge in [0.1, 0.15) is 0 Å². The van der Waals surface area contributed by atoms with E-state index >= 15 is 0 Å². The van der Waals surface area contributed by atoms with Crippen molar-refractivity contribution in [1.29, 1.82) is 5.26 Å². The summed E-state index contributed by atoms with van der Waals surface area (Å²) in [6, 6.07) is 9.21. The Morgan fingerprint density at radius 2 is 2.22 bits per heavy atom. The fourth-order valence-electron chi connectivity index (χ4n) is 2.85. The maximum Gasteiger partial charge on any atom is 0.227 e. The molecule has 0 saturated carbocycles. The molecule has 1 atom stereocenters. The molecule has 2 rings (SSSR count). The summed E-state index contributed by atoms with van der Waals surface area (Å²) in [6.07, 6.45) is 2.58. The second-order valence-corrected chi connectivity index (χ2v) is 7.95. The van der Waals surface area contributed by atoms with Gasteiger partial charge in [-0.3, -0.25) is 4.79 Å². The van der Waals surface area contributed by atoms with Crippen LogP contribution in [0.2, 0.25) is 0 Å². The molecule has 0 radical (unpaired) electrons. The minimum atomic E-state index is -3.26. The molecule has 0 aromatic heterocycles. The number of sulfonamides is 1. The van der Waals surface area contributed by atoms with Gasteiger partial charge < -0.3 is 4.90 Å². The fraction of sp³-hybridized carbons (Fsp3) is 0.500. The normalized spacial score (nSPS) is 19.1. The zero-order valence-electron chi connectivity index (χ0n) is 13.4. The molecule has 0 unspecified atom stereocenters. The summed E-state index contributed by atoms with van der Waals surface area (Å²) in [6.45, 7) is 1.14. The van der Waals surface area contributed by atoms with Crippen molar-refractivity contribution in [3.63, 3.8) is 0 Å². The smallest absolute Gasteiger partial charge is 0.227 e. The van der Waals surface area contributed by atoms with Gasteiger partial charge in [0.25, 0.3) is 0 Å². The first-order valence-electron chi connectivity index (χ1n) is 7.50. The zero-order chi connectivity index (χ0) is 17.0. The van der Waals surface area contributed by atoms with Crippen molar-refractivity contribution in [2.45, 2.75) is 19.4 Å². The maximum absolute atomic E-state index is 12.6. The molecule has 7 heteroatoms. The van der Waals surface area contributed by atoms with Gasteiger partial charge in [-0.2, -0.15) is 5.26 Å². The highest BCUT2D eigenvalue weighted by Crippen LogP contribution is 2.21. The third kappa shape index (κ3) is 4.53. The van der Waals surface area contributed by atoms with Gasteiger partial charge in [-0.15, -0.1) is 0 Å². The van der Waals surface area contributed by atoms with Crippen LogP contribution in [0.15, 0.2) is 24.3 Å². The molecular formula is C16H21N3O3S. The quantitative estimate of drug-likeness (QED) is 0.827. The van der Waals surface area contributed by atoms with E-state index in [-0.39, 0.29) is 18.4 Å². The Balaban J connectivity index is 2.03. The minimum absolute atomic E-state index is 0.0549. The van der Waals surface area contributed by atoms with E-state index < -0.39 is 10.0 Å². The van der Waals surface area contributed by atoms with Crippen molar-refractivity contribution in [1.82, 2.24) is 9.21 Å². The van der Waals surface area contributed by atoms with Crippen LogP contribution in [0, 0.1) is 17.2 Å². The number of hydrogen-bond donors (Lipinski definition) is 0. The van der Waals surface area contributed by atoms with Crippen LogP contribution in [0.1, 0.15) is 24.0 Å². The van der Waals surface area contributed by atoms with Gasteiger partial charge in [0.2, 0.25) is 15.9 Å². The van der Waals surface area contributed by atoms with Gasteiger partial charge in [-0.1, -0.05) is 12.1 Å². The molecule has 1 aliphatic rings.